The van der Waals surface area contributed by atoms with Gasteiger partial charge in [0.05, 0.1) is 12.1 Å². The van der Waals surface area contributed by atoms with Gasteiger partial charge >= 0.3 is 0 Å². The lowest BCUT2D eigenvalue weighted by Crippen LogP contribution is -2.44. The van der Waals surface area contributed by atoms with Crippen LogP contribution in [0.25, 0.3) is 5.52 Å². The van der Waals surface area contributed by atoms with Crippen LogP contribution in [0, 0.1) is 0 Å². The van der Waals surface area contributed by atoms with Crippen molar-refractivity contribution in [3.8, 4) is 0 Å². The van der Waals surface area contributed by atoms with E-state index in [0.717, 1.165) is 43.2 Å². The van der Waals surface area contributed by atoms with Crippen LogP contribution >= 0.6 is 0 Å². The normalized spacial score (nSPS) is 21.8. The largest absolute Gasteiger partial charge is 0.506 e. The van der Waals surface area contributed by atoms with Gasteiger partial charge < -0.3 is 19.6 Å². The minimum absolute atomic E-state index is 0.0904. The van der Waals surface area contributed by atoms with Crippen LogP contribution in [0.5, 0.6) is 0 Å². The summed E-state index contributed by atoms with van der Waals surface area (Å²) in [6.45, 7) is 4.88. The van der Waals surface area contributed by atoms with Gasteiger partial charge in [-0.3, -0.25) is 4.99 Å². The SMILES string of the molecule is CN1CCN(c2nn3ccccc3c2/N=C2\C=C3OCCN=C3C=C2O)CC1. The molecule has 0 radical (unpaired) electrons. The second-order valence-corrected chi connectivity index (χ2v) is 7.14. The Morgan fingerprint density at radius 3 is 2.86 bits per heavy atom. The van der Waals surface area contributed by atoms with Gasteiger partial charge in [-0.1, -0.05) is 6.07 Å². The van der Waals surface area contributed by atoms with Crippen LogP contribution in [0.3, 0.4) is 0 Å². The second kappa shape index (κ2) is 6.79. The van der Waals surface area contributed by atoms with Gasteiger partial charge in [0.15, 0.2) is 5.82 Å². The first-order valence-corrected chi connectivity index (χ1v) is 9.49. The Morgan fingerprint density at radius 2 is 2.00 bits per heavy atom. The van der Waals surface area contributed by atoms with Gasteiger partial charge in [0.25, 0.3) is 0 Å². The van der Waals surface area contributed by atoms with Gasteiger partial charge in [-0.25, -0.2) is 9.51 Å². The van der Waals surface area contributed by atoms with E-state index < -0.39 is 0 Å². The van der Waals surface area contributed by atoms with Crippen molar-refractivity contribution in [3.63, 3.8) is 0 Å². The molecule has 0 bridgehead atoms. The van der Waals surface area contributed by atoms with Crippen molar-refractivity contribution in [1.82, 2.24) is 14.5 Å². The Balaban J connectivity index is 1.61. The summed E-state index contributed by atoms with van der Waals surface area (Å²) in [6, 6.07) is 5.91. The number of nitrogens with zero attached hydrogens (tertiary/aromatic N) is 6. The van der Waals surface area contributed by atoms with E-state index in [1.165, 1.54) is 0 Å². The molecule has 2 aliphatic heterocycles. The Morgan fingerprint density at radius 1 is 1.14 bits per heavy atom. The maximum Gasteiger partial charge on any atom is 0.177 e. The molecule has 0 amide bonds. The smallest absolute Gasteiger partial charge is 0.177 e. The summed E-state index contributed by atoms with van der Waals surface area (Å²) in [7, 11) is 2.13. The molecule has 1 fully saturated rings. The number of aromatic nitrogens is 2. The maximum atomic E-state index is 10.5. The van der Waals surface area contributed by atoms with Gasteiger partial charge in [0.1, 0.15) is 35.2 Å². The first-order chi connectivity index (χ1) is 13.7. The monoisotopic (exact) mass is 378 g/mol. The van der Waals surface area contributed by atoms with Gasteiger partial charge in [-0.15, -0.1) is 5.10 Å². The molecular formula is C20H22N6O2. The fourth-order valence-electron chi connectivity index (χ4n) is 3.63. The number of rotatable bonds is 2. The number of aliphatic hydroxyl groups is 1. The zero-order chi connectivity index (χ0) is 19.1. The maximum absolute atomic E-state index is 10.5. The fraction of sp³-hybridized carbons (Fsp3) is 0.350. The molecule has 4 heterocycles. The number of aliphatic hydroxyl groups excluding tert-OH is 1. The predicted molar refractivity (Wildman–Crippen MR) is 109 cm³/mol. The molecule has 144 valence electrons. The van der Waals surface area contributed by atoms with E-state index in [1.54, 1.807) is 12.2 Å². The number of pyridine rings is 1. The minimum Gasteiger partial charge on any atom is -0.506 e. The standard InChI is InChI=1S/C20H22N6O2/c1-24-7-9-25(10-8-24)20-19(16-4-2-3-6-26(16)23-20)22-14-13-18-15(12-17(14)27)21-5-11-28-18/h2-4,6,12-13,27H,5,7-11H2,1H3/b22-14+. The van der Waals surface area contributed by atoms with E-state index in [9.17, 15) is 5.11 Å². The van der Waals surface area contributed by atoms with Crippen LogP contribution in [0.15, 0.2) is 58.1 Å². The third kappa shape index (κ3) is 2.95. The highest BCUT2D eigenvalue weighted by molar-refractivity contribution is 6.23. The van der Waals surface area contributed by atoms with E-state index in [2.05, 4.69) is 21.8 Å². The summed E-state index contributed by atoms with van der Waals surface area (Å²) in [5.74, 6) is 1.58. The van der Waals surface area contributed by atoms with E-state index >= 15 is 0 Å². The molecule has 1 N–H and O–H groups in total. The topological polar surface area (TPSA) is 78.0 Å². The van der Waals surface area contributed by atoms with E-state index in [0.29, 0.717) is 30.3 Å². The highest BCUT2D eigenvalue weighted by atomic mass is 16.5. The Bertz CT molecular complexity index is 1040. The molecule has 28 heavy (non-hydrogen) atoms. The third-order valence-corrected chi connectivity index (χ3v) is 5.22. The van der Waals surface area contributed by atoms with E-state index in [1.807, 2.05) is 28.9 Å². The second-order valence-electron chi connectivity index (χ2n) is 7.14. The Hall–Kier alpha value is -3.13. The zero-order valence-electron chi connectivity index (χ0n) is 15.7. The Labute approximate surface area is 162 Å². The van der Waals surface area contributed by atoms with Crippen LogP contribution < -0.4 is 4.90 Å². The van der Waals surface area contributed by atoms with Crippen LogP contribution in [0.2, 0.25) is 0 Å². The molecular weight excluding hydrogens is 356 g/mol. The lowest BCUT2D eigenvalue weighted by molar-refractivity contribution is 0.232. The summed E-state index contributed by atoms with van der Waals surface area (Å²) < 4.78 is 7.52. The van der Waals surface area contributed by atoms with Crippen LogP contribution in [0.1, 0.15) is 0 Å². The average Bonchev–Trinajstić information content (AvgIpc) is 3.08. The third-order valence-electron chi connectivity index (χ3n) is 5.22. The molecule has 2 aromatic rings. The lowest BCUT2D eigenvalue weighted by Gasteiger charge is -2.32. The van der Waals surface area contributed by atoms with Gasteiger partial charge in [-0.05, 0) is 19.2 Å². The molecule has 0 saturated carbocycles. The van der Waals surface area contributed by atoms with Crippen molar-refractivity contribution < 1.29 is 9.84 Å². The van der Waals surface area contributed by atoms with Crippen molar-refractivity contribution >= 4 is 28.4 Å². The van der Waals surface area contributed by atoms with E-state index in [4.69, 9.17) is 14.8 Å². The first-order valence-electron chi connectivity index (χ1n) is 9.49. The molecule has 0 unspecified atom stereocenters. The number of anilines is 1. The number of piperazine rings is 1. The fourth-order valence-corrected chi connectivity index (χ4v) is 3.63. The van der Waals surface area contributed by atoms with Crippen molar-refractivity contribution in [3.05, 3.63) is 48.1 Å². The molecule has 1 aliphatic carbocycles. The Kier molecular flexibility index (Phi) is 4.12. The molecule has 5 rings (SSSR count). The average molecular weight is 378 g/mol. The molecule has 1 saturated heterocycles. The number of hydrogen-bond donors (Lipinski definition) is 1. The summed E-state index contributed by atoms with van der Waals surface area (Å²) in [6.07, 6.45) is 5.30. The lowest BCUT2D eigenvalue weighted by atomic mass is 10.1. The van der Waals surface area contributed by atoms with Crippen molar-refractivity contribution in [2.45, 2.75) is 0 Å². The van der Waals surface area contributed by atoms with Gasteiger partial charge in [0, 0.05) is 44.5 Å². The molecule has 8 nitrogen and oxygen atoms in total. The van der Waals surface area contributed by atoms with Gasteiger partial charge in [-0.2, -0.15) is 0 Å². The predicted octanol–water partition coefficient (Wildman–Crippen LogP) is 1.97. The molecule has 0 atom stereocenters. The highest BCUT2D eigenvalue weighted by Gasteiger charge is 2.25. The zero-order valence-corrected chi connectivity index (χ0v) is 15.7. The number of allylic oxidation sites excluding steroid dienone is 2. The quantitative estimate of drug-likeness (QED) is 0.809. The van der Waals surface area contributed by atoms with Crippen molar-refractivity contribution in [2.24, 2.45) is 9.98 Å². The molecule has 2 aromatic heterocycles. The van der Waals surface area contributed by atoms with Crippen LogP contribution in [0.4, 0.5) is 11.5 Å². The summed E-state index contributed by atoms with van der Waals surface area (Å²) in [4.78, 5) is 13.8. The van der Waals surface area contributed by atoms with Crippen molar-refractivity contribution in [1.29, 1.82) is 0 Å². The first kappa shape index (κ1) is 17.0. The molecule has 3 aliphatic rings. The number of hydrogen-bond acceptors (Lipinski definition) is 7. The number of aliphatic imine (C=N–C) groups is 2. The molecule has 0 spiro atoms. The minimum atomic E-state index is 0.0904. The molecule has 8 heteroatoms. The van der Waals surface area contributed by atoms with Gasteiger partial charge in [0.2, 0.25) is 0 Å². The molecule has 0 aromatic carbocycles. The highest BCUT2D eigenvalue weighted by Crippen LogP contribution is 2.34. The van der Waals surface area contributed by atoms with Crippen LogP contribution in [-0.4, -0.2) is 77.4 Å². The van der Waals surface area contributed by atoms with Crippen LogP contribution in [-0.2, 0) is 4.74 Å². The van der Waals surface area contributed by atoms with E-state index in [-0.39, 0.29) is 5.76 Å². The summed E-state index contributed by atoms with van der Waals surface area (Å²) in [5.41, 5.74) is 2.79. The van der Waals surface area contributed by atoms with Crippen molar-refractivity contribution in [2.75, 3.05) is 51.3 Å². The summed E-state index contributed by atoms with van der Waals surface area (Å²) >= 11 is 0. The number of likely N-dealkylation sites (N-methyl/N-ethyl adjacent to an activating group) is 1. The summed E-state index contributed by atoms with van der Waals surface area (Å²) in [5, 5.41) is 15.3. The number of fused-ring (bicyclic) bond motifs is 2. The number of ether oxygens (including phenoxy) is 1.